The molecule has 0 amide bonds. The van der Waals surface area contributed by atoms with Crippen LogP contribution in [0.4, 0.5) is 0 Å². The van der Waals surface area contributed by atoms with Gasteiger partial charge in [-0.25, -0.2) is 8.42 Å². The van der Waals surface area contributed by atoms with Crippen LogP contribution in [0.1, 0.15) is 19.6 Å². The molecular weight excluding hydrogens is 389 g/mol. The summed E-state index contributed by atoms with van der Waals surface area (Å²) in [5, 5.41) is 0.219. The van der Waals surface area contributed by atoms with Crippen molar-refractivity contribution in [2.75, 3.05) is 6.54 Å². The van der Waals surface area contributed by atoms with Crippen LogP contribution in [-0.4, -0.2) is 31.3 Å². The molecule has 6 nitrogen and oxygen atoms in total. The topological polar surface area (TPSA) is 76.8 Å². The van der Waals surface area contributed by atoms with Crippen LogP contribution in [0.2, 0.25) is 10.0 Å². The highest BCUT2D eigenvalue weighted by molar-refractivity contribution is 7.89. The summed E-state index contributed by atoms with van der Waals surface area (Å²) >= 11 is 11.9. The van der Waals surface area contributed by atoms with Crippen LogP contribution in [0.5, 0.6) is 0 Å². The van der Waals surface area contributed by atoms with E-state index in [9.17, 15) is 13.2 Å². The molecule has 0 saturated carbocycles. The Labute approximate surface area is 156 Å². The van der Waals surface area contributed by atoms with Crippen LogP contribution in [0.3, 0.4) is 0 Å². The molecule has 0 saturated heterocycles. The molecule has 1 aromatic carbocycles. The van der Waals surface area contributed by atoms with Crippen LogP contribution < -0.4 is 0 Å². The fourth-order valence-electron chi connectivity index (χ4n) is 2.06. The van der Waals surface area contributed by atoms with Crippen molar-refractivity contribution in [3.63, 3.8) is 0 Å². The van der Waals surface area contributed by atoms with Crippen molar-refractivity contribution in [3.8, 4) is 0 Å². The number of sulfonamides is 1. The lowest BCUT2D eigenvalue weighted by atomic mass is 10.4. The molecule has 0 bridgehead atoms. The van der Waals surface area contributed by atoms with E-state index in [1.165, 1.54) is 24.5 Å². The summed E-state index contributed by atoms with van der Waals surface area (Å²) in [7, 11) is -4.11. The van der Waals surface area contributed by atoms with Gasteiger partial charge in [0.05, 0.1) is 23.9 Å². The molecule has 25 heavy (non-hydrogen) atoms. The number of esters is 1. The van der Waals surface area contributed by atoms with Gasteiger partial charge in [-0.2, -0.15) is 4.31 Å². The van der Waals surface area contributed by atoms with E-state index in [1.807, 2.05) is 0 Å². The second kappa shape index (κ2) is 8.23. The number of hydrogen-bond acceptors (Lipinski definition) is 5. The summed E-state index contributed by atoms with van der Waals surface area (Å²) in [4.78, 5) is 11.8. The number of nitrogens with zero attached hydrogens (tertiary/aromatic N) is 1. The van der Waals surface area contributed by atoms with Crippen molar-refractivity contribution in [1.29, 1.82) is 0 Å². The lowest BCUT2D eigenvalue weighted by Crippen LogP contribution is -2.36. The summed E-state index contributed by atoms with van der Waals surface area (Å²) in [5.41, 5.74) is 0. The molecule has 0 radical (unpaired) electrons. The number of benzene rings is 1. The fourth-order valence-corrected chi connectivity index (χ4v) is 4.15. The van der Waals surface area contributed by atoms with Crippen molar-refractivity contribution in [3.05, 3.63) is 52.4 Å². The highest BCUT2D eigenvalue weighted by atomic mass is 35.5. The van der Waals surface area contributed by atoms with Crippen molar-refractivity contribution in [2.24, 2.45) is 0 Å². The van der Waals surface area contributed by atoms with Crippen LogP contribution >= 0.6 is 23.2 Å². The van der Waals surface area contributed by atoms with Gasteiger partial charge in [0, 0.05) is 5.02 Å². The molecule has 0 spiro atoms. The Morgan fingerprint density at radius 2 is 2.00 bits per heavy atom. The Morgan fingerprint density at radius 3 is 2.60 bits per heavy atom. The third-order valence-electron chi connectivity index (χ3n) is 3.10. The van der Waals surface area contributed by atoms with Gasteiger partial charge < -0.3 is 9.15 Å². The molecule has 0 atom stereocenters. The first-order valence-electron chi connectivity index (χ1n) is 7.37. The average molecular weight is 406 g/mol. The third-order valence-corrected chi connectivity index (χ3v) is 5.60. The van der Waals surface area contributed by atoms with Gasteiger partial charge in [0.2, 0.25) is 10.0 Å². The third kappa shape index (κ3) is 5.22. The Bertz CT molecular complexity index is 834. The zero-order valence-electron chi connectivity index (χ0n) is 13.6. The molecule has 0 aliphatic heterocycles. The van der Waals surface area contributed by atoms with Crippen molar-refractivity contribution >= 4 is 39.2 Å². The molecule has 2 aromatic rings. The minimum absolute atomic E-state index is 0.00562. The molecule has 136 valence electrons. The first-order chi connectivity index (χ1) is 11.7. The summed E-state index contributed by atoms with van der Waals surface area (Å²) in [6, 6.07) is 7.33. The zero-order chi connectivity index (χ0) is 18.6. The lowest BCUT2D eigenvalue weighted by Gasteiger charge is -2.21. The maximum atomic E-state index is 13.0. The number of hydrogen-bond donors (Lipinski definition) is 0. The maximum Gasteiger partial charge on any atom is 0.321 e. The number of carbonyl (C=O) groups is 1. The van der Waals surface area contributed by atoms with Gasteiger partial charge in [-0.3, -0.25) is 4.79 Å². The minimum Gasteiger partial charge on any atom is -0.468 e. The van der Waals surface area contributed by atoms with Crippen molar-refractivity contribution in [1.82, 2.24) is 4.31 Å². The first-order valence-corrected chi connectivity index (χ1v) is 9.57. The molecule has 0 aliphatic carbocycles. The standard InChI is InChI=1S/C16H17Cl2NO5S/c1-11(2)24-16(20)10-19(9-13-4-3-7-23-13)25(21,22)15-8-12(17)5-6-14(15)18/h3-8,11H,9-10H2,1-2H3. The highest BCUT2D eigenvalue weighted by Crippen LogP contribution is 2.28. The van der Waals surface area contributed by atoms with Gasteiger partial charge in [-0.1, -0.05) is 23.2 Å². The quantitative estimate of drug-likeness (QED) is 0.655. The second-order valence-electron chi connectivity index (χ2n) is 5.47. The van der Waals surface area contributed by atoms with Crippen LogP contribution in [0, 0.1) is 0 Å². The van der Waals surface area contributed by atoms with E-state index in [0.717, 1.165) is 4.31 Å². The first kappa shape index (κ1) is 19.8. The molecule has 1 heterocycles. The normalized spacial score (nSPS) is 11.9. The number of ether oxygens (including phenoxy) is 1. The van der Waals surface area contributed by atoms with E-state index in [-0.39, 0.29) is 27.6 Å². The maximum absolute atomic E-state index is 13.0. The van der Waals surface area contributed by atoms with E-state index in [1.54, 1.807) is 26.0 Å². The highest BCUT2D eigenvalue weighted by Gasteiger charge is 2.30. The van der Waals surface area contributed by atoms with Crippen LogP contribution in [0.15, 0.2) is 45.9 Å². The van der Waals surface area contributed by atoms with E-state index in [4.69, 9.17) is 32.4 Å². The van der Waals surface area contributed by atoms with E-state index >= 15 is 0 Å². The van der Waals surface area contributed by atoms with Gasteiger partial charge in [0.1, 0.15) is 17.2 Å². The van der Waals surface area contributed by atoms with Crippen molar-refractivity contribution in [2.45, 2.75) is 31.4 Å². The number of rotatable bonds is 7. The average Bonchev–Trinajstić information content (AvgIpc) is 3.01. The lowest BCUT2D eigenvalue weighted by molar-refractivity contribution is -0.147. The molecule has 2 rings (SSSR count). The van der Waals surface area contributed by atoms with E-state index < -0.39 is 22.5 Å². The van der Waals surface area contributed by atoms with Gasteiger partial charge in [-0.15, -0.1) is 0 Å². The number of carbonyl (C=O) groups excluding carboxylic acids is 1. The van der Waals surface area contributed by atoms with E-state index in [2.05, 4.69) is 0 Å². The Kier molecular flexibility index (Phi) is 6.51. The summed E-state index contributed by atoms with van der Waals surface area (Å²) < 4.78 is 37.2. The second-order valence-corrected chi connectivity index (χ2v) is 8.22. The predicted molar refractivity (Wildman–Crippen MR) is 94.0 cm³/mol. The minimum atomic E-state index is -4.11. The van der Waals surface area contributed by atoms with Crippen LogP contribution in [0.25, 0.3) is 0 Å². The zero-order valence-corrected chi connectivity index (χ0v) is 15.9. The molecule has 1 aromatic heterocycles. The molecule has 0 N–H and O–H groups in total. The van der Waals surface area contributed by atoms with Gasteiger partial charge in [-0.05, 0) is 44.2 Å². The van der Waals surface area contributed by atoms with Gasteiger partial charge in [0.25, 0.3) is 0 Å². The molecular formula is C16H17Cl2NO5S. The largest absolute Gasteiger partial charge is 0.468 e. The Morgan fingerprint density at radius 1 is 1.28 bits per heavy atom. The SMILES string of the molecule is CC(C)OC(=O)CN(Cc1ccco1)S(=O)(=O)c1cc(Cl)ccc1Cl. The summed E-state index contributed by atoms with van der Waals surface area (Å²) in [6.07, 6.45) is 1.05. The number of furan rings is 1. The van der Waals surface area contributed by atoms with Gasteiger partial charge in [0.15, 0.2) is 0 Å². The number of halogens is 2. The Hall–Kier alpha value is -1.54. The molecule has 0 unspecified atom stereocenters. The molecule has 0 aliphatic rings. The van der Waals surface area contributed by atoms with Gasteiger partial charge >= 0.3 is 5.97 Å². The monoisotopic (exact) mass is 405 g/mol. The summed E-state index contributed by atoms with van der Waals surface area (Å²) in [5.74, 6) is -0.303. The van der Waals surface area contributed by atoms with E-state index in [0.29, 0.717) is 5.76 Å². The fraction of sp³-hybridized carbons (Fsp3) is 0.312. The van der Waals surface area contributed by atoms with Crippen molar-refractivity contribution < 1.29 is 22.4 Å². The smallest absolute Gasteiger partial charge is 0.321 e. The summed E-state index contributed by atoms with van der Waals surface area (Å²) in [6.45, 7) is 2.73. The molecule has 9 heteroatoms. The molecule has 0 fully saturated rings. The van der Waals surface area contributed by atoms with Crippen LogP contribution in [-0.2, 0) is 26.1 Å². The Balaban J connectivity index is 2.38. The predicted octanol–water partition coefficient (Wildman–Crippen LogP) is 3.73.